The van der Waals surface area contributed by atoms with Crippen LogP contribution in [-0.4, -0.2) is 37.1 Å². The monoisotopic (exact) mass is 219 g/mol. The lowest BCUT2D eigenvalue weighted by Crippen LogP contribution is -2.46. The largest absolute Gasteiger partial charge is 0.481 e. The Bertz CT molecular complexity index is 200. The Morgan fingerprint density at radius 3 is 2.33 bits per heavy atom. The number of carbonyl (C=O) groups is 1. The Morgan fingerprint density at radius 2 is 2.00 bits per heavy atom. The third-order valence-corrected chi connectivity index (χ3v) is 2.02. The minimum Gasteiger partial charge on any atom is -0.481 e. The first-order chi connectivity index (χ1) is 6.79. The van der Waals surface area contributed by atoms with E-state index in [1.807, 2.05) is 20.8 Å². The lowest BCUT2D eigenvalue weighted by atomic mass is 9.84. The summed E-state index contributed by atoms with van der Waals surface area (Å²) in [5.74, 6) is -0.919. The zero-order chi connectivity index (χ0) is 12.1. The number of hydrogen-bond donors (Lipinski definition) is 2. The van der Waals surface area contributed by atoms with Gasteiger partial charge >= 0.3 is 5.97 Å². The van der Waals surface area contributed by atoms with Crippen molar-refractivity contribution in [2.75, 3.05) is 13.9 Å². The second-order valence-electron chi connectivity index (χ2n) is 4.62. The molecule has 90 valence electrons. The molecular formula is C10H21NO4. The molecule has 0 aromatic heterocycles. The molecule has 0 bridgehead atoms. The Hall–Kier alpha value is -0.650. The molecule has 15 heavy (non-hydrogen) atoms. The first-order valence-electron chi connectivity index (χ1n) is 4.87. The summed E-state index contributed by atoms with van der Waals surface area (Å²) in [6.45, 7) is 5.98. The van der Waals surface area contributed by atoms with Crippen molar-refractivity contribution in [3.05, 3.63) is 0 Å². The van der Waals surface area contributed by atoms with E-state index < -0.39 is 12.0 Å². The number of methoxy groups -OCH3 is 1. The topological polar surface area (TPSA) is 81.8 Å². The van der Waals surface area contributed by atoms with Crippen molar-refractivity contribution in [2.24, 2.45) is 11.1 Å². The molecule has 0 rings (SSSR count). The van der Waals surface area contributed by atoms with E-state index in [9.17, 15) is 4.79 Å². The summed E-state index contributed by atoms with van der Waals surface area (Å²) in [5.41, 5.74) is 5.57. The van der Waals surface area contributed by atoms with E-state index in [1.165, 1.54) is 7.11 Å². The number of rotatable bonds is 6. The average Bonchev–Trinajstić information content (AvgIpc) is 2.00. The summed E-state index contributed by atoms with van der Waals surface area (Å²) in [5, 5.41) is 8.66. The van der Waals surface area contributed by atoms with Gasteiger partial charge in [0.05, 0.1) is 12.5 Å². The molecule has 0 aromatic carbocycles. The van der Waals surface area contributed by atoms with Crippen LogP contribution < -0.4 is 5.73 Å². The van der Waals surface area contributed by atoms with Gasteiger partial charge in [-0.1, -0.05) is 20.8 Å². The summed E-state index contributed by atoms with van der Waals surface area (Å²) in [6.07, 6.45) is -0.445. The molecule has 0 amide bonds. The van der Waals surface area contributed by atoms with Crippen LogP contribution in [0.1, 0.15) is 27.2 Å². The van der Waals surface area contributed by atoms with Gasteiger partial charge in [0.15, 0.2) is 0 Å². The van der Waals surface area contributed by atoms with Crippen molar-refractivity contribution in [3.8, 4) is 0 Å². The van der Waals surface area contributed by atoms with Crippen LogP contribution in [0, 0.1) is 5.41 Å². The first-order valence-corrected chi connectivity index (χ1v) is 4.87. The van der Waals surface area contributed by atoms with Gasteiger partial charge in [-0.2, -0.15) is 0 Å². The third-order valence-electron chi connectivity index (χ3n) is 2.02. The zero-order valence-electron chi connectivity index (χ0n) is 9.82. The average molecular weight is 219 g/mol. The van der Waals surface area contributed by atoms with E-state index in [0.717, 1.165) is 0 Å². The van der Waals surface area contributed by atoms with Crippen LogP contribution in [-0.2, 0) is 14.3 Å². The summed E-state index contributed by atoms with van der Waals surface area (Å²) < 4.78 is 10.2. The quantitative estimate of drug-likeness (QED) is 0.646. The standard InChI is InChI=1S/C10H21NO4/c1-10(2,3)9(15-6-14-4)7(11)5-8(12)13/h7,9H,5-6,11H2,1-4H3,(H,12,13)/t7-,9?/m0/s1. The van der Waals surface area contributed by atoms with Gasteiger partial charge in [-0.25, -0.2) is 0 Å². The van der Waals surface area contributed by atoms with E-state index in [0.29, 0.717) is 0 Å². The molecule has 0 fully saturated rings. The highest BCUT2D eigenvalue weighted by Crippen LogP contribution is 2.25. The summed E-state index contributed by atoms with van der Waals surface area (Å²) in [6, 6.07) is -0.530. The molecule has 0 aromatic rings. The van der Waals surface area contributed by atoms with Gasteiger partial charge in [0.25, 0.3) is 0 Å². The first kappa shape index (κ1) is 14.3. The maximum atomic E-state index is 10.5. The van der Waals surface area contributed by atoms with E-state index >= 15 is 0 Å². The lowest BCUT2D eigenvalue weighted by molar-refractivity contribution is -0.143. The predicted octanol–water partition coefficient (Wildman–Crippen LogP) is 0.824. The number of hydrogen-bond acceptors (Lipinski definition) is 4. The van der Waals surface area contributed by atoms with Crippen LogP contribution in [0.15, 0.2) is 0 Å². The minimum absolute atomic E-state index is 0.106. The van der Waals surface area contributed by atoms with Crippen molar-refractivity contribution >= 4 is 5.97 Å². The van der Waals surface area contributed by atoms with Crippen LogP contribution in [0.5, 0.6) is 0 Å². The highest BCUT2D eigenvalue weighted by Gasteiger charge is 2.32. The van der Waals surface area contributed by atoms with Gasteiger partial charge in [-0.3, -0.25) is 4.79 Å². The van der Waals surface area contributed by atoms with Gasteiger partial charge in [0.1, 0.15) is 6.79 Å². The number of carboxylic acid groups (broad SMARTS) is 1. The minimum atomic E-state index is -0.919. The Balaban J connectivity index is 4.41. The molecular weight excluding hydrogens is 198 g/mol. The number of ether oxygens (including phenoxy) is 2. The molecule has 0 spiro atoms. The molecule has 0 aliphatic carbocycles. The van der Waals surface area contributed by atoms with E-state index in [1.54, 1.807) is 0 Å². The molecule has 0 aliphatic heterocycles. The number of nitrogens with two attached hydrogens (primary N) is 1. The van der Waals surface area contributed by atoms with Crippen molar-refractivity contribution in [3.63, 3.8) is 0 Å². The van der Waals surface area contributed by atoms with Gasteiger partial charge in [0.2, 0.25) is 0 Å². The molecule has 2 atom stereocenters. The van der Waals surface area contributed by atoms with Crippen molar-refractivity contribution in [1.82, 2.24) is 0 Å². The van der Waals surface area contributed by atoms with E-state index in [-0.39, 0.29) is 24.7 Å². The van der Waals surface area contributed by atoms with Gasteiger partial charge in [0, 0.05) is 13.2 Å². The maximum absolute atomic E-state index is 10.5. The fraction of sp³-hybridized carbons (Fsp3) is 0.900. The Morgan fingerprint density at radius 1 is 1.47 bits per heavy atom. The Labute approximate surface area is 90.5 Å². The number of aliphatic carboxylic acids is 1. The smallest absolute Gasteiger partial charge is 0.305 e. The molecule has 5 heteroatoms. The van der Waals surface area contributed by atoms with Crippen molar-refractivity contribution in [2.45, 2.75) is 39.3 Å². The van der Waals surface area contributed by atoms with E-state index in [4.69, 9.17) is 20.3 Å². The van der Waals surface area contributed by atoms with Crippen LogP contribution in [0.25, 0.3) is 0 Å². The van der Waals surface area contributed by atoms with Gasteiger partial charge < -0.3 is 20.3 Å². The van der Waals surface area contributed by atoms with Gasteiger partial charge in [-0.05, 0) is 5.41 Å². The second kappa shape index (κ2) is 6.05. The molecule has 5 nitrogen and oxygen atoms in total. The molecule has 0 saturated heterocycles. The van der Waals surface area contributed by atoms with Crippen LogP contribution in [0.2, 0.25) is 0 Å². The summed E-state index contributed by atoms with van der Waals surface area (Å²) in [7, 11) is 1.52. The predicted molar refractivity (Wildman–Crippen MR) is 56.4 cm³/mol. The fourth-order valence-corrected chi connectivity index (χ4v) is 1.47. The molecule has 0 radical (unpaired) electrons. The van der Waals surface area contributed by atoms with E-state index in [2.05, 4.69) is 0 Å². The summed E-state index contributed by atoms with van der Waals surface area (Å²) >= 11 is 0. The van der Waals surface area contributed by atoms with Crippen LogP contribution >= 0.6 is 0 Å². The van der Waals surface area contributed by atoms with Crippen molar-refractivity contribution in [1.29, 1.82) is 0 Å². The zero-order valence-corrected chi connectivity index (χ0v) is 9.82. The second-order valence-corrected chi connectivity index (χ2v) is 4.62. The van der Waals surface area contributed by atoms with Crippen LogP contribution in [0.4, 0.5) is 0 Å². The van der Waals surface area contributed by atoms with Crippen LogP contribution in [0.3, 0.4) is 0 Å². The normalized spacial score (nSPS) is 16.1. The molecule has 1 unspecified atom stereocenters. The molecule has 0 aliphatic rings. The third kappa shape index (κ3) is 5.71. The molecule has 0 saturated carbocycles. The lowest BCUT2D eigenvalue weighted by Gasteiger charge is -2.34. The fourth-order valence-electron chi connectivity index (χ4n) is 1.47. The van der Waals surface area contributed by atoms with Gasteiger partial charge in [-0.15, -0.1) is 0 Å². The highest BCUT2D eigenvalue weighted by molar-refractivity contribution is 5.67. The SMILES string of the molecule is COCOC([C@@H](N)CC(=O)O)C(C)(C)C. The maximum Gasteiger partial charge on any atom is 0.305 e. The highest BCUT2D eigenvalue weighted by atomic mass is 16.7. The van der Waals surface area contributed by atoms with Crippen molar-refractivity contribution < 1.29 is 19.4 Å². The summed E-state index contributed by atoms with van der Waals surface area (Å²) in [4.78, 5) is 10.5. The Kier molecular flexibility index (Phi) is 5.79. The molecule has 3 N–H and O–H groups in total. The molecule has 0 heterocycles. The number of carboxylic acids is 1.